The Bertz CT molecular complexity index is 2150. The second kappa shape index (κ2) is 17.5. The first-order valence-electron chi connectivity index (χ1n) is 17.8. The van der Waals surface area contributed by atoms with Gasteiger partial charge in [0.1, 0.15) is 24.1 Å². The van der Waals surface area contributed by atoms with E-state index in [0.717, 1.165) is 5.56 Å². The van der Waals surface area contributed by atoms with Crippen LogP contribution in [0.15, 0.2) is 89.9 Å². The van der Waals surface area contributed by atoms with Crippen LogP contribution in [-0.4, -0.2) is 64.7 Å². The van der Waals surface area contributed by atoms with Crippen molar-refractivity contribution in [3.63, 3.8) is 0 Å². The standard InChI is InChI=1S/C42H42ClN3O9/c1-6-33(46-24-36(52-5)32(22-37(46)48)31-21-30(43)17-16-29(31)23-44)34(47)20-26-12-14-28(15-13-26)39(49)54-35-18-19-45(41(51)55-42(2,3)4)38(35)40(50)53-25-27-10-8-7-9-11-27/h7-17,21-22,24,33,35,38H,6,18-20,25H2,1-5H3/t33?,35-,38-/m0/s1. The van der Waals surface area contributed by atoms with E-state index in [1.165, 1.54) is 41.0 Å². The number of nitriles is 1. The van der Waals surface area contributed by atoms with E-state index in [1.807, 2.05) is 18.2 Å². The summed E-state index contributed by atoms with van der Waals surface area (Å²) in [6.45, 7) is 7.01. The van der Waals surface area contributed by atoms with E-state index in [9.17, 15) is 29.2 Å². The Morgan fingerprint density at radius 1 is 0.964 bits per heavy atom. The molecule has 0 saturated carbocycles. The summed E-state index contributed by atoms with van der Waals surface area (Å²) in [6, 6.07) is 21.4. The average molecular weight is 768 g/mol. The van der Waals surface area contributed by atoms with Gasteiger partial charge in [-0.1, -0.05) is 61.0 Å². The normalized spacial score (nSPS) is 15.8. The van der Waals surface area contributed by atoms with Crippen LogP contribution in [0.1, 0.15) is 73.6 Å². The fourth-order valence-electron chi connectivity index (χ4n) is 6.35. The monoisotopic (exact) mass is 767 g/mol. The van der Waals surface area contributed by atoms with Gasteiger partial charge in [0.25, 0.3) is 5.56 Å². The van der Waals surface area contributed by atoms with Crippen LogP contribution in [0.25, 0.3) is 11.1 Å². The second-order valence-electron chi connectivity index (χ2n) is 14.0. The Morgan fingerprint density at radius 2 is 1.67 bits per heavy atom. The fraction of sp³-hybridized carbons (Fsp3) is 0.333. The Kier molecular flexibility index (Phi) is 12.8. The SMILES string of the molecule is CCC(C(=O)Cc1ccc(C(=O)O[C@H]2CCN(C(=O)OC(C)(C)C)[C@@H]2C(=O)OCc2ccccc2)cc1)n1cc(OC)c(-c2cc(Cl)ccc2C#N)cc1=O. The third kappa shape index (κ3) is 9.79. The summed E-state index contributed by atoms with van der Waals surface area (Å²) >= 11 is 6.19. The number of rotatable bonds is 12. The lowest BCUT2D eigenvalue weighted by atomic mass is 9.98. The fourth-order valence-corrected chi connectivity index (χ4v) is 6.52. The molecule has 55 heavy (non-hydrogen) atoms. The highest BCUT2D eigenvalue weighted by atomic mass is 35.5. The van der Waals surface area contributed by atoms with Crippen molar-refractivity contribution in [2.75, 3.05) is 13.7 Å². The molecule has 2 heterocycles. The smallest absolute Gasteiger partial charge is 0.411 e. The summed E-state index contributed by atoms with van der Waals surface area (Å²) in [5.41, 5.74) is 1.35. The van der Waals surface area contributed by atoms with Crippen molar-refractivity contribution in [1.29, 1.82) is 5.26 Å². The highest BCUT2D eigenvalue weighted by Crippen LogP contribution is 2.34. The van der Waals surface area contributed by atoms with Crippen molar-refractivity contribution >= 4 is 35.4 Å². The molecule has 0 spiro atoms. The Balaban J connectivity index is 1.29. The molecular formula is C42H42ClN3O9. The molecule has 0 radical (unpaired) electrons. The summed E-state index contributed by atoms with van der Waals surface area (Å²) in [5, 5.41) is 10.0. The van der Waals surface area contributed by atoms with Crippen molar-refractivity contribution in [3.8, 4) is 22.9 Å². The Hall–Kier alpha value is -5.93. The first-order chi connectivity index (χ1) is 26.2. The molecule has 12 nitrogen and oxygen atoms in total. The number of carbonyl (C=O) groups is 4. The van der Waals surface area contributed by atoms with Crippen LogP contribution in [0.3, 0.4) is 0 Å². The molecular weight excluding hydrogens is 726 g/mol. The maximum Gasteiger partial charge on any atom is 0.411 e. The van der Waals surface area contributed by atoms with E-state index in [2.05, 4.69) is 6.07 Å². The van der Waals surface area contributed by atoms with Crippen molar-refractivity contribution < 1.29 is 38.1 Å². The van der Waals surface area contributed by atoms with Gasteiger partial charge in [0.2, 0.25) is 0 Å². The largest absolute Gasteiger partial charge is 0.495 e. The number of benzene rings is 3. The molecule has 1 amide bonds. The number of likely N-dealkylation sites (tertiary alicyclic amines) is 1. The van der Waals surface area contributed by atoms with Gasteiger partial charge in [0.05, 0.1) is 36.5 Å². The maximum atomic E-state index is 13.6. The molecule has 4 aromatic rings. The molecule has 286 valence electrons. The van der Waals surface area contributed by atoms with Crippen LogP contribution < -0.4 is 10.3 Å². The first kappa shape index (κ1) is 40.3. The molecule has 13 heteroatoms. The van der Waals surface area contributed by atoms with Gasteiger partial charge in [-0.05, 0) is 68.7 Å². The number of ketones is 1. The summed E-state index contributed by atoms with van der Waals surface area (Å²) in [6.07, 6.45) is 0.191. The summed E-state index contributed by atoms with van der Waals surface area (Å²) in [5.74, 6) is -1.41. The number of esters is 2. The first-order valence-corrected chi connectivity index (χ1v) is 18.1. The molecule has 0 bridgehead atoms. The molecule has 3 aromatic carbocycles. The van der Waals surface area contributed by atoms with Gasteiger partial charge in [0.15, 0.2) is 11.8 Å². The number of nitrogens with zero attached hydrogens (tertiary/aromatic N) is 3. The van der Waals surface area contributed by atoms with Crippen LogP contribution in [0.5, 0.6) is 5.75 Å². The second-order valence-corrected chi connectivity index (χ2v) is 14.4. The number of methoxy groups -OCH3 is 1. The van der Waals surface area contributed by atoms with E-state index in [-0.39, 0.29) is 43.1 Å². The number of aromatic nitrogens is 1. The van der Waals surface area contributed by atoms with Gasteiger partial charge in [-0.25, -0.2) is 14.4 Å². The minimum absolute atomic E-state index is 0.0300. The van der Waals surface area contributed by atoms with Gasteiger partial charge in [-0.3, -0.25) is 14.5 Å². The molecule has 0 N–H and O–H groups in total. The van der Waals surface area contributed by atoms with E-state index in [4.69, 9.17) is 30.5 Å². The molecule has 3 atom stereocenters. The molecule has 1 unspecified atom stereocenters. The number of pyridine rings is 1. The zero-order valence-electron chi connectivity index (χ0n) is 31.2. The molecule has 1 aromatic heterocycles. The molecule has 1 fully saturated rings. The van der Waals surface area contributed by atoms with Crippen molar-refractivity contribution in [2.45, 2.75) is 77.4 Å². The highest BCUT2D eigenvalue weighted by molar-refractivity contribution is 6.31. The zero-order chi connectivity index (χ0) is 39.9. The van der Waals surface area contributed by atoms with E-state index < -0.39 is 47.4 Å². The minimum Gasteiger partial charge on any atom is -0.495 e. The maximum absolute atomic E-state index is 13.6. The van der Waals surface area contributed by atoms with Crippen LogP contribution in [0.4, 0.5) is 4.79 Å². The van der Waals surface area contributed by atoms with E-state index in [0.29, 0.717) is 33.7 Å². The number of Topliss-reactive ketones (excluding diaryl/α,β-unsaturated/α-hetero) is 1. The van der Waals surface area contributed by atoms with Gasteiger partial charge >= 0.3 is 18.0 Å². The number of carbonyl (C=O) groups excluding carboxylic acids is 4. The number of ether oxygens (including phenoxy) is 4. The zero-order valence-corrected chi connectivity index (χ0v) is 32.0. The van der Waals surface area contributed by atoms with Crippen LogP contribution >= 0.6 is 11.6 Å². The third-order valence-corrected chi connectivity index (χ3v) is 9.25. The average Bonchev–Trinajstić information content (AvgIpc) is 3.58. The Morgan fingerprint density at radius 3 is 2.31 bits per heavy atom. The van der Waals surface area contributed by atoms with Crippen LogP contribution in [-0.2, 0) is 36.8 Å². The topological polar surface area (TPSA) is 154 Å². The van der Waals surface area contributed by atoms with E-state index in [1.54, 1.807) is 70.2 Å². The van der Waals surface area contributed by atoms with Gasteiger partial charge < -0.3 is 23.5 Å². The predicted molar refractivity (Wildman–Crippen MR) is 204 cm³/mol. The van der Waals surface area contributed by atoms with Crippen LogP contribution in [0, 0.1) is 11.3 Å². The molecule has 1 saturated heterocycles. The molecule has 0 aliphatic carbocycles. The third-order valence-electron chi connectivity index (χ3n) is 9.01. The van der Waals surface area contributed by atoms with Crippen molar-refractivity contribution in [2.24, 2.45) is 0 Å². The molecule has 1 aliphatic rings. The lowest BCUT2D eigenvalue weighted by Crippen LogP contribution is -2.48. The van der Waals surface area contributed by atoms with Crippen molar-refractivity contribution in [3.05, 3.63) is 123 Å². The van der Waals surface area contributed by atoms with Gasteiger partial charge in [-0.2, -0.15) is 5.26 Å². The lowest BCUT2D eigenvalue weighted by Gasteiger charge is -2.29. The number of amides is 1. The minimum atomic E-state index is -1.22. The molecule has 1 aliphatic heterocycles. The summed E-state index contributed by atoms with van der Waals surface area (Å²) in [7, 11) is 1.43. The molecule has 5 rings (SSSR count). The number of hydrogen-bond donors (Lipinski definition) is 0. The van der Waals surface area contributed by atoms with Crippen molar-refractivity contribution in [1.82, 2.24) is 9.47 Å². The van der Waals surface area contributed by atoms with E-state index >= 15 is 0 Å². The number of halogens is 1. The predicted octanol–water partition coefficient (Wildman–Crippen LogP) is 7.09. The Labute approximate surface area is 324 Å². The van der Waals surface area contributed by atoms with Crippen LogP contribution in [0.2, 0.25) is 5.02 Å². The lowest BCUT2D eigenvalue weighted by molar-refractivity contribution is -0.153. The number of hydrogen-bond acceptors (Lipinski definition) is 10. The highest BCUT2D eigenvalue weighted by Gasteiger charge is 2.47. The summed E-state index contributed by atoms with van der Waals surface area (Å²) < 4.78 is 23.8. The van der Waals surface area contributed by atoms with Gasteiger partial charge in [0, 0.05) is 41.6 Å². The summed E-state index contributed by atoms with van der Waals surface area (Å²) in [4.78, 5) is 68.1. The quantitative estimate of drug-likeness (QED) is 0.108. The van der Waals surface area contributed by atoms with Gasteiger partial charge in [-0.15, -0.1) is 0 Å².